The molecule has 4 rings (SSSR count). The molecular weight excluding hydrogens is 484 g/mol. The Morgan fingerprint density at radius 3 is 2.69 bits per heavy atom. The lowest BCUT2D eigenvalue weighted by molar-refractivity contribution is 0.108. The Bertz CT molecular complexity index is 1130. The number of aliphatic hydroxyl groups excluding tert-OH is 1. The largest absolute Gasteiger partial charge is 0.491 e. The van der Waals surface area contributed by atoms with Crippen molar-refractivity contribution in [3.63, 3.8) is 0 Å². The maximum absolute atomic E-state index is 12.0. The molecule has 2 saturated heterocycles. The molecular formula is C24H36N6O5S. The number of nitrogens with one attached hydrogen (secondary N) is 2. The van der Waals surface area contributed by atoms with Crippen molar-refractivity contribution in [1.82, 2.24) is 19.6 Å². The summed E-state index contributed by atoms with van der Waals surface area (Å²) in [5.74, 6) is 2.69. The zero-order chi connectivity index (χ0) is 25.7. The number of piperazine rings is 1. The second-order valence-electron chi connectivity index (χ2n) is 9.25. The number of hydrogen-bond donors (Lipinski definition) is 3. The van der Waals surface area contributed by atoms with Crippen LogP contribution >= 0.6 is 0 Å². The lowest BCUT2D eigenvalue weighted by Gasteiger charge is -2.35. The molecule has 36 heavy (non-hydrogen) atoms. The van der Waals surface area contributed by atoms with Crippen molar-refractivity contribution < 1.29 is 23.0 Å². The molecule has 2 fully saturated rings. The van der Waals surface area contributed by atoms with Crippen LogP contribution < -0.4 is 20.3 Å². The number of nitrogens with zero attached hydrogens (tertiary/aromatic N) is 4. The average molecular weight is 521 g/mol. The van der Waals surface area contributed by atoms with E-state index in [2.05, 4.69) is 15.5 Å². The number of aromatic nitrogens is 2. The summed E-state index contributed by atoms with van der Waals surface area (Å²) in [5.41, 5.74) is 1.71. The summed E-state index contributed by atoms with van der Waals surface area (Å²) in [6.07, 6.45) is 1.53. The number of likely N-dealkylation sites (N-methyl/N-ethyl adjacent to an activating group) is 1. The first-order valence-electron chi connectivity index (χ1n) is 12.2. The highest BCUT2D eigenvalue weighted by atomic mass is 32.2. The van der Waals surface area contributed by atoms with E-state index in [0.717, 1.165) is 29.2 Å². The Kier molecular flexibility index (Phi) is 8.62. The molecule has 0 spiro atoms. The number of ether oxygens (including phenoxy) is 2. The second kappa shape index (κ2) is 11.7. The van der Waals surface area contributed by atoms with E-state index in [4.69, 9.17) is 19.4 Å². The molecule has 0 saturated carbocycles. The average Bonchev–Trinajstić information content (AvgIpc) is 3.37. The molecule has 0 amide bonds. The highest BCUT2D eigenvalue weighted by Crippen LogP contribution is 2.31. The van der Waals surface area contributed by atoms with Crippen LogP contribution in [-0.2, 0) is 14.8 Å². The van der Waals surface area contributed by atoms with Gasteiger partial charge in [0.15, 0.2) is 5.82 Å². The zero-order valence-electron chi connectivity index (χ0n) is 21.1. The molecule has 2 aromatic rings. The van der Waals surface area contributed by atoms with Crippen LogP contribution in [-0.4, -0.2) is 106 Å². The summed E-state index contributed by atoms with van der Waals surface area (Å²) >= 11 is 0. The van der Waals surface area contributed by atoms with Crippen molar-refractivity contribution in [1.29, 1.82) is 0 Å². The minimum absolute atomic E-state index is 0.170. The van der Waals surface area contributed by atoms with E-state index in [-0.39, 0.29) is 12.6 Å². The first kappa shape index (κ1) is 26.6. The molecule has 2 unspecified atom stereocenters. The first-order valence-corrected chi connectivity index (χ1v) is 14.1. The standard InChI is InChI=1S/C24H36N6O5S/c1-17-22(26-19-7-12-34-15-19)27-23(18-5-4-6-21(13-18)35-16-20(31)14-25-2)28-24(17)29-8-10-30(11-9-29)36(3,32)33/h4-6,13,19-20,25,31H,7-12,14-16H2,1-3H3,(H,26,27,28). The van der Waals surface area contributed by atoms with Crippen LogP contribution in [0.1, 0.15) is 12.0 Å². The van der Waals surface area contributed by atoms with Crippen LogP contribution in [0.4, 0.5) is 11.6 Å². The van der Waals surface area contributed by atoms with Gasteiger partial charge in [-0.2, -0.15) is 4.31 Å². The van der Waals surface area contributed by atoms with E-state index >= 15 is 0 Å². The molecule has 0 radical (unpaired) electrons. The van der Waals surface area contributed by atoms with E-state index in [1.165, 1.54) is 10.6 Å². The predicted octanol–water partition coefficient (Wildman–Crippen LogP) is 0.694. The van der Waals surface area contributed by atoms with Gasteiger partial charge in [0.05, 0.1) is 18.9 Å². The molecule has 3 heterocycles. The highest BCUT2D eigenvalue weighted by Gasteiger charge is 2.27. The molecule has 0 bridgehead atoms. The third-order valence-electron chi connectivity index (χ3n) is 6.37. The van der Waals surface area contributed by atoms with Crippen molar-refractivity contribution in [2.75, 3.05) is 76.1 Å². The maximum Gasteiger partial charge on any atom is 0.211 e. The number of aliphatic hydroxyl groups is 1. The van der Waals surface area contributed by atoms with Crippen molar-refractivity contribution >= 4 is 21.7 Å². The maximum atomic E-state index is 12.0. The Morgan fingerprint density at radius 1 is 1.25 bits per heavy atom. The number of sulfonamides is 1. The summed E-state index contributed by atoms with van der Waals surface area (Å²) in [5, 5.41) is 16.4. The van der Waals surface area contributed by atoms with Gasteiger partial charge in [-0.3, -0.25) is 0 Å². The van der Waals surface area contributed by atoms with E-state index in [1.807, 2.05) is 31.2 Å². The van der Waals surface area contributed by atoms with Gasteiger partial charge in [0.2, 0.25) is 10.0 Å². The fourth-order valence-electron chi connectivity index (χ4n) is 4.37. The Morgan fingerprint density at radius 2 is 2.03 bits per heavy atom. The van der Waals surface area contributed by atoms with Gasteiger partial charge in [-0.1, -0.05) is 12.1 Å². The van der Waals surface area contributed by atoms with E-state index < -0.39 is 16.1 Å². The Hall–Kier alpha value is -2.51. The van der Waals surface area contributed by atoms with Crippen LogP contribution in [0.5, 0.6) is 5.75 Å². The number of rotatable bonds is 10. The fourth-order valence-corrected chi connectivity index (χ4v) is 5.19. The molecule has 198 valence electrons. The molecule has 0 aliphatic carbocycles. The Labute approximate surface area is 212 Å². The third-order valence-corrected chi connectivity index (χ3v) is 7.68. The van der Waals surface area contributed by atoms with Gasteiger partial charge in [-0.05, 0) is 32.5 Å². The van der Waals surface area contributed by atoms with E-state index in [0.29, 0.717) is 57.5 Å². The molecule has 1 aromatic carbocycles. The summed E-state index contributed by atoms with van der Waals surface area (Å²) in [7, 11) is -1.45. The van der Waals surface area contributed by atoms with E-state index in [1.54, 1.807) is 7.05 Å². The zero-order valence-corrected chi connectivity index (χ0v) is 21.9. The van der Waals surface area contributed by atoms with Gasteiger partial charge < -0.3 is 30.1 Å². The second-order valence-corrected chi connectivity index (χ2v) is 11.2. The van der Waals surface area contributed by atoms with Gasteiger partial charge in [0.1, 0.15) is 30.1 Å². The van der Waals surface area contributed by atoms with Gasteiger partial charge in [0.25, 0.3) is 0 Å². The van der Waals surface area contributed by atoms with Gasteiger partial charge in [-0.15, -0.1) is 0 Å². The van der Waals surface area contributed by atoms with E-state index in [9.17, 15) is 13.5 Å². The van der Waals surface area contributed by atoms with Crippen molar-refractivity contribution in [2.45, 2.75) is 25.5 Å². The molecule has 11 nitrogen and oxygen atoms in total. The quantitative estimate of drug-likeness (QED) is 0.412. The SMILES string of the molecule is CNCC(O)COc1cccc(-c2nc(NC3CCOC3)c(C)c(N3CCN(S(C)(=O)=O)CC3)n2)c1. The minimum Gasteiger partial charge on any atom is -0.491 e. The third kappa shape index (κ3) is 6.62. The highest BCUT2D eigenvalue weighted by molar-refractivity contribution is 7.88. The molecule has 2 atom stereocenters. The minimum atomic E-state index is -3.22. The monoisotopic (exact) mass is 520 g/mol. The normalized spacial score (nSPS) is 19.9. The number of anilines is 2. The van der Waals surface area contributed by atoms with Crippen LogP contribution in [0.25, 0.3) is 11.4 Å². The van der Waals surface area contributed by atoms with Gasteiger partial charge >= 0.3 is 0 Å². The lowest BCUT2D eigenvalue weighted by Crippen LogP contribution is -2.48. The summed E-state index contributed by atoms with van der Waals surface area (Å²) in [6.45, 7) is 5.85. The Balaban J connectivity index is 1.62. The van der Waals surface area contributed by atoms with Crippen molar-refractivity contribution in [3.8, 4) is 17.1 Å². The smallest absolute Gasteiger partial charge is 0.211 e. The van der Waals surface area contributed by atoms with Crippen LogP contribution in [0.15, 0.2) is 24.3 Å². The molecule has 12 heteroatoms. The lowest BCUT2D eigenvalue weighted by atomic mass is 10.1. The summed E-state index contributed by atoms with van der Waals surface area (Å²) < 4.78 is 36.8. The van der Waals surface area contributed by atoms with Gasteiger partial charge in [0, 0.05) is 50.5 Å². The summed E-state index contributed by atoms with van der Waals surface area (Å²) in [4.78, 5) is 11.9. The summed E-state index contributed by atoms with van der Waals surface area (Å²) in [6, 6.07) is 7.68. The number of hydrogen-bond acceptors (Lipinski definition) is 10. The molecule has 2 aliphatic rings. The van der Waals surface area contributed by atoms with Crippen LogP contribution in [0.2, 0.25) is 0 Å². The molecule has 1 aromatic heterocycles. The van der Waals surface area contributed by atoms with Crippen molar-refractivity contribution in [3.05, 3.63) is 29.8 Å². The molecule has 2 aliphatic heterocycles. The fraction of sp³-hybridized carbons (Fsp3) is 0.583. The van der Waals surface area contributed by atoms with Crippen LogP contribution in [0.3, 0.4) is 0 Å². The topological polar surface area (TPSA) is 129 Å². The predicted molar refractivity (Wildman–Crippen MR) is 139 cm³/mol. The number of benzene rings is 1. The first-order chi connectivity index (χ1) is 17.2. The van der Waals surface area contributed by atoms with Crippen molar-refractivity contribution in [2.24, 2.45) is 0 Å². The van der Waals surface area contributed by atoms with Crippen LogP contribution in [0, 0.1) is 6.92 Å². The van der Waals surface area contributed by atoms with Gasteiger partial charge in [-0.25, -0.2) is 18.4 Å². The molecule has 3 N–H and O–H groups in total.